The fraction of sp³-hybridized carbons (Fsp3) is 0.231. The molecule has 0 aromatic carbocycles. The van der Waals surface area contributed by atoms with E-state index in [9.17, 15) is 0 Å². The molecule has 0 atom stereocenters. The Labute approximate surface area is 133 Å². The highest BCUT2D eigenvalue weighted by Gasteiger charge is 2.22. The zero-order valence-corrected chi connectivity index (χ0v) is 13.4. The van der Waals surface area contributed by atoms with E-state index in [1.165, 1.54) is 0 Å². The van der Waals surface area contributed by atoms with Crippen molar-refractivity contribution in [3.63, 3.8) is 0 Å². The van der Waals surface area contributed by atoms with Gasteiger partial charge in [-0.05, 0) is 28.1 Å². The highest BCUT2D eigenvalue weighted by atomic mass is 79.9. The molecule has 0 radical (unpaired) electrons. The first-order valence-electron chi connectivity index (χ1n) is 6.47. The Morgan fingerprint density at radius 2 is 2.24 bits per heavy atom. The Bertz CT molecular complexity index is 829. The summed E-state index contributed by atoms with van der Waals surface area (Å²) < 4.78 is 2.83. The average molecular weight is 363 g/mol. The third kappa shape index (κ3) is 2.28. The van der Waals surface area contributed by atoms with Crippen LogP contribution in [0.2, 0.25) is 0 Å². The molecule has 3 aromatic heterocycles. The highest BCUT2D eigenvalue weighted by Crippen LogP contribution is 2.34. The normalized spacial score (nSPS) is 13.8. The summed E-state index contributed by atoms with van der Waals surface area (Å²) >= 11 is 5.10. The molecule has 21 heavy (non-hydrogen) atoms. The van der Waals surface area contributed by atoms with Crippen molar-refractivity contribution in [2.24, 2.45) is 0 Å². The Morgan fingerprint density at radius 1 is 1.33 bits per heavy atom. The second-order valence-corrected chi connectivity index (χ2v) is 6.76. The fourth-order valence-corrected chi connectivity index (χ4v) is 3.65. The van der Waals surface area contributed by atoms with Crippen LogP contribution in [0.4, 0.5) is 5.95 Å². The summed E-state index contributed by atoms with van der Waals surface area (Å²) in [7, 11) is 0. The lowest BCUT2D eigenvalue weighted by atomic mass is 10.2. The minimum absolute atomic E-state index is 0.295. The first-order chi connectivity index (χ1) is 10.2. The van der Waals surface area contributed by atoms with Crippen molar-refractivity contribution < 1.29 is 0 Å². The van der Waals surface area contributed by atoms with Crippen LogP contribution in [0.1, 0.15) is 11.4 Å². The highest BCUT2D eigenvalue weighted by molar-refractivity contribution is 9.10. The summed E-state index contributed by atoms with van der Waals surface area (Å²) in [6.45, 7) is 0.574. The Morgan fingerprint density at radius 3 is 3.05 bits per heavy atom. The molecule has 1 aliphatic rings. The minimum atomic E-state index is 0.295. The monoisotopic (exact) mass is 362 g/mol. The number of hydrogen-bond acceptors (Lipinski definition) is 6. The number of nitrogens with zero attached hydrogens (tertiary/aromatic N) is 5. The molecule has 8 heteroatoms. The molecular weight excluding hydrogens is 352 g/mol. The van der Waals surface area contributed by atoms with Gasteiger partial charge in [0.25, 0.3) is 0 Å². The first kappa shape index (κ1) is 13.0. The molecule has 0 aliphatic carbocycles. The number of nitrogens with two attached hydrogens (primary N) is 1. The van der Waals surface area contributed by atoms with Gasteiger partial charge in [-0.25, -0.2) is 9.67 Å². The predicted molar refractivity (Wildman–Crippen MR) is 85.2 cm³/mol. The van der Waals surface area contributed by atoms with Gasteiger partial charge in [0, 0.05) is 22.8 Å². The lowest BCUT2D eigenvalue weighted by Crippen LogP contribution is -2.06. The molecule has 6 nitrogen and oxygen atoms in total. The van der Waals surface area contributed by atoms with E-state index in [1.54, 1.807) is 18.0 Å². The Hall–Kier alpha value is -1.67. The summed E-state index contributed by atoms with van der Waals surface area (Å²) in [6, 6.07) is 3.94. The average Bonchev–Trinajstić information content (AvgIpc) is 2.81. The number of hydrogen-bond donors (Lipinski definition) is 1. The van der Waals surface area contributed by atoms with Crippen molar-refractivity contribution in [2.75, 3.05) is 11.5 Å². The molecule has 0 saturated heterocycles. The maximum absolute atomic E-state index is 5.82. The molecule has 4 rings (SSSR count). The molecule has 1 aliphatic heterocycles. The van der Waals surface area contributed by atoms with E-state index in [2.05, 4.69) is 36.0 Å². The number of anilines is 1. The van der Waals surface area contributed by atoms with Crippen LogP contribution in [0.15, 0.2) is 27.8 Å². The molecule has 2 N–H and O–H groups in total. The molecule has 106 valence electrons. The number of aromatic nitrogens is 5. The van der Waals surface area contributed by atoms with E-state index in [0.717, 1.165) is 44.1 Å². The lowest BCUT2D eigenvalue weighted by Gasteiger charge is -2.08. The third-order valence-corrected chi connectivity index (χ3v) is 4.77. The number of nitrogen functional groups attached to an aromatic ring is 1. The fourth-order valence-electron chi connectivity index (χ4n) is 2.41. The van der Waals surface area contributed by atoms with Gasteiger partial charge in [-0.3, -0.25) is 4.98 Å². The Balaban J connectivity index is 1.84. The standard InChI is InChI=1S/C13H11BrN6S/c14-7-1-2-8(16-5-7)6-20-11-10-9(19-20)3-4-21-12(10)18-13(15)17-11/h1-2,5H,3-4,6H2,(H2,15,17,18). The molecule has 0 unspecified atom stereocenters. The summed E-state index contributed by atoms with van der Waals surface area (Å²) in [5, 5.41) is 6.65. The van der Waals surface area contributed by atoms with E-state index in [0.29, 0.717) is 12.5 Å². The van der Waals surface area contributed by atoms with Gasteiger partial charge in [0.05, 0.1) is 23.3 Å². The van der Waals surface area contributed by atoms with Gasteiger partial charge in [0.2, 0.25) is 5.95 Å². The maximum atomic E-state index is 5.82. The van der Waals surface area contributed by atoms with Gasteiger partial charge in [-0.1, -0.05) is 0 Å². The van der Waals surface area contributed by atoms with E-state index in [1.807, 2.05) is 16.8 Å². The van der Waals surface area contributed by atoms with Crippen LogP contribution in [0.5, 0.6) is 0 Å². The summed E-state index contributed by atoms with van der Waals surface area (Å²) in [6.07, 6.45) is 2.72. The van der Waals surface area contributed by atoms with Crippen molar-refractivity contribution in [1.29, 1.82) is 0 Å². The van der Waals surface area contributed by atoms with Crippen LogP contribution in [0.3, 0.4) is 0 Å². The van der Waals surface area contributed by atoms with Gasteiger partial charge in [-0.2, -0.15) is 10.1 Å². The van der Waals surface area contributed by atoms with Gasteiger partial charge in [-0.15, -0.1) is 11.8 Å². The maximum Gasteiger partial charge on any atom is 0.223 e. The van der Waals surface area contributed by atoms with Crippen molar-refractivity contribution >= 4 is 44.7 Å². The molecule has 0 fully saturated rings. The van der Waals surface area contributed by atoms with E-state index in [4.69, 9.17) is 5.73 Å². The van der Waals surface area contributed by atoms with Crippen LogP contribution >= 0.6 is 27.7 Å². The number of halogens is 1. The second-order valence-electron chi connectivity index (χ2n) is 4.76. The van der Waals surface area contributed by atoms with Gasteiger partial charge in [0.1, 0.15) is 5.03 Å². The van der Waals surface area contributed by atoms with E-state index in [-0.39, 0.29) is 0 Å². The SMILES string of the molecule is Nc1nc2c3c(nn(Cc4ccc(Br)cn4)c3n1)CCS2. The molecule has 0 spiro atoms. The van der Waals surface area contributed by atoms with Crippen molar-refractivity contribution in [2.45, 2.75) is 18.0 Å². The quantitative estimate of drug-likeness (QED) is 0.704. The number of thioether (sulfide) groups is 1. The second kappa shape index (κ2) is 4.96. The van der Waals surface area contributed by atoms with Crippen molar-refractivity contribution in [3.05, 3.63) is 34.2 Å². The number of pyridine rings is 1. The van der Waals surface area contributed by atoms with E-state index >= 15 is 0 Å². The molecule has 0 saturated carbocycles. The topological polar surface area (TPSA) is 82.5 Å². The first-order valence-corrected chi connectivity index (χ1v) is 8.25. The van der Waals surface area contributed by atoms with Gasteiger partial charge < -0.3 is 5.73 Å². The van der Waals surface area contributed by atoms with Gasteiger partial charge in [0.15, 0.2) is 5.65 Å². The molecule has 4 heterocycles. The van der Waals surface area contributed by atoms with Gasteiger partial charge >= 0.3 is 0 Å². The zero-order chi connectivity index (χ0) is 14.4. The van der Waals surface area contributed by atoms with Crippen LogP contribution in [0, 0.1) is 0 Å². The largest absolute Gasteiger partial charge is 0.368 e. The molecular formula is C13H11BrN6S. The van der Waals surface area contributed by atoms with Crippen LogP contribution < -0.4 is 5.73 Å². The molecule has 3 aromatic rings. The summed E-state index contributed by atoms with van der Waals surface area (Å²) in [5.41, 5.74) is 8.60. The summed E-state index contributed by atoms with van der Waals surface area (Å²) in [4.78, 5) is 13.1. The minimum Gasteiger partial charge on any atom is -0.368 e. The molecule has 0 amide bonds. The van der Waals surface area contributed by atoms with Crippen LogP contribution in [-0.2, 0) is 13.0 Å². The zero-order valence-electron chi connectivity index (χ0n) is 11.0. The third-order valence-electron chi connectivity index (χ3n) is 3.33. The van der Waals surface area contributed by atoms with Crippen LogP contribution in [0.25, 0.3) is 11.0 Å². The smallest absolute Gasteiger partial charge is 0.223 e. The van der Waals surface area contributed by atoms with Crippen molar-refractivity contribution in [1.82, 2.24) is 24.7 Å². The van der Waals surface area contributed by atoms with Crippen molar-refractivity contribution in [3.8, 4) is 0 Å². The predicted octanol–water partition coefficient (Wildman–Crippen LogP) is 2.26. The summed E-state index contributed by atoms with van der Waals surface area (Å²) in [5.74, 6) is 1.27. The van der Waals surface area contributed by atoms with E-state index < -0.39 is 0 Å². The lowest BCUT2D eigenvalue weighted by molar-refractivity contribution is 0.676. The Kier molecular flexibility index (Phi) is 3.07. The number of rotatable bonds is 2. The van der Waals surface area contributed by atoms with Crippen LogP contribution in [-0.4, -0.2) is 30.5 Å². The number of aryl methyl sites for hydroxylation is 1. The molecule has 0 bridgehead atoms.